The monoisotopic (exact) mass is 440 g/mol. The Labute approximate surface area is 178 Å². The Morgan fingerprint density at radius 3 is 2.77 bits per heavy atom. The third kappa shape index (κ3) is 3.61. The maximum atomic E-state index is 12.8. The van der Waals surface area contributed by atoms with E-state index in [1.165, 1.54) is 21.8 Å². The first-order valence-corrected chi connectivity index (χ1v) is 11.9. The predicted octanol–water partition coefficient (Wildman–Crippen LogP) is 3.86. The summed E-state index contributed by atoms with van der Waals surface area (Å²) in [7, 11) is -1.83. The molecule has 0 radical (unpaired) electrons. The van der Waals surface area contributed by atoms with E-state index in [-0.39, 0.29) is 11.5 Å². The van der Waals surface area contributed by atoms with Crippen molar-refractivity contribution in [3.8, 4) is 11.3 Å². The highest BCUT2D eigenvalue weighted by molar-refractivity contribution is 7.92. The molecule has 1 aromatic carbocycles. The molecule has 0 atom stereocenters. The van der Waals surface area contributed by atoms with Gasteiger partial charge in [-0.15, -0.1) is 11.3 Å². The van der Waals surface area contributed by atoms with Gasteiger partial charge in [0.25, 0.3) is 0 Å². The molecule has 0 aliphatic rings. The molecule has 0 amide bonds. The molecule has 7 nitrogen and oxygen atoms in total. The number of anilines is 1. The smallest absolute Gasteiger partial charge is 0.234 e. The van der Waals surface area contributed by atoms with Crippen LogP contribution < -0.4 is 4.31 Å². The molecule has 3 aromatic heterocycles. The van der Waals surface area contributed by atoms with E-state index in [1.54, 1.807) is 48.1 Å². The van der Waals surface area contributed by atoms with E-state index < -0.39 is 10.0 Å². The fourth-order valence-corrected chi connectivity index (χ4v) is 5.13. The number of rotatable bonds is 7. The molecule has 3 heterocycles. The van der Waals surface area contributed by atoms with Crippen LogP contribution in [0.1, 0.15) is 28.6 Å². The van der Waals surface area contributed by atoms with E-state index in [4.69, 9.17) is 0 Å². The van der Waals surface area contributed by atoms with Gasteiger partial charge >= 0.3 is 0 Å². The predicted molar refractivity (Wildman–Crippen MR) is 119 cm³/mol. The van der Waals surface area contributed by atoms with Crippen LogP contribution in [-0.2, 0) is 10.0 Å². The van der Waals surface area contributed by atoms with Crippen molar-refractivity contribution in [1.82, 2.24) is 14.6 Å². The number of sulfonamides is 1. The number of ketones is 1. The highest BCUT2D eigenvalue weighted by Crippen LogP contribution is 2.27. The molecule has 0 unspecified atom stereocenters. The van der Waals surface area contributed by atoms with Gasteiger partial charge < -0.3 is 0 Å². The fraction of sp³-hybridized carbons (Fsp3) is 0.190. The number of nitrogens with zero attached hydrogens (tertiary/aromatic N) is 4. The van der Waals surface area contributed by atoms with Gasteiger partial charge in [0.05, 0.1) is 33.8 Å². The van der Waals surface area contributed by atoms with Gasteiger partial charge in [0.15, 0.2) is 5.65 Å². The summed E-state index contributed by atoms with van der Waals surface area (Å²) in [5, 5.41) is 6.24. The normalized spacial score (nSPS) is 11.7. The molecule has 4 aromatic rings. The molecule has 0 saturated carbocycles. The standard InChI is InChI=1S/C21H20N4O3S2/c1-3-12-30(27,28)24(2)16-7-4-6-15(13-16)18-9-10-22-21-17(14-23-25(18)21)20(26)19-8-5-11-29-19/h4-11,13-14H,3,12H2,1-2H3. The van der Waals surface area contributed by atoms with Gasteiger partial charge in [-0.2, -0.15) is 5.10 Å². The van der Waals surface area contributed by atoms with Crippen LogP contribution in [0.4, 0.5) is 5.69 Å². The largest absolute Gasteiger partial charge is 0.287 e. The third-order valence-electron chi connectivity index (χ3n) is 4.78. The molecule has 30 heavy (non-hydrogen) atoms. The Bertz CT molecular complexity index is 1310. The first kappa shape index (κ1) is 20.2. The molecule has 0 aliphatic carbocycles. The average Bonchev–Trinajstić information content (AvgIpc) is 3.42. The van der Waals surface area contributed by atoms with Gasteiger partial charge in [0.2, 0.25) is 15.8 Å². The van der Waals surface area contributed by atoms with Gasteiger partial charge in [0.1, 0.15) is 0 Å². The van der Waals surface area contributed by atoms with Crippen LogP contribution in [0, 0.1) is 0 Å². The van der Waals surface area contributed by atoms with E-state index in [0.717, 1.165) is 5.56 Å². The van der Waals surface area contributed by atoms with E-state index >= 15 is 0 Å². The minimum absolute atomic E-state index is 0.0839. The lowest BCUT2D eigenvalue weighted by molar-refractivity contribution is 0.104. The summed E-state index contributed by atoms with van der Waals surface area (Å²) in [6, 6.07) is 12.6. The molecule has 0 saturated heterocycles. The van der Waals surface area contributed by atoms with E-state index in [0.29, 0.717) is 33.9 Å². The van der Waals surface area contributed by atoms with Crippen molar-refractivity contribution >= 4 is 38.5 Å². The van der Waals surface area contributed by atoms with Gasteiger partial charge in [0, 0.05) is 18.8 Å². The minimum Gasteiger partial charge on any atom is -0.287 e. The van der Waals surface area contributed by atoms with Crippen molar-refractivity contribution in [3.05, 3.63) is 70.7 Å². The number of thiophene rings is 1. The second kappa shape index (κ2) is 8.00. The summed E-state index contributed by atoms with van der Waals surface area (Å²) >= 11 is 1.37. The Kier molecular flexibility index (Phi) is 5.40. The molecular weight excluding hydrogens is 420 g/mol. The van der Waals surface area contributed by atoms with E-state index in [9.17, 15) is 13.2 Å². The number of carbonyl (C=O) groups excluding carboxylic acids is 1. The summed E-state index contributed by atoms with van der Waals surface area (Å²) in [6.45, 7) is 1.84. The van der Waals surface area contributed by atoms with Crippen molar-refractivity contribution in [2.45, 2.75) is 13.3 Å². The first-order chi connectivity index (χ1) is 14.4. The molecule has 4 rings (SSSR count). The number of fused-ring (bicyclic) bond motifs is 1. The number of carbonyl (C=O) groups is 1. The van der Waals surface area contributed by atoms with Crippen molar-refractivity contribution in [2.24, 2.45) is 0 Å². The van der Waals surface area contributed by atoms with Crippen LogP contribution in [0.2, 0.25) is 0 Å². The van der Waals surface area contributed by atoms with Crippen LogP contribution in [0.25, 0.3) is 16.9 Å². The molecule has 0 fully saturated rings. The highest BCUT2D eigenvalue weighted by Gasteiger charge is 2.20. The summed E-state index contributed by atoms with van der Waals surface area (Å²) in [4.78, 5) is 17.8. The minimum atomic E-state index is -3.38. The number of aromatic nitrogens is 3. The fourth-order valence-electron chi connectivity index (χ4n) is 3.23. The lowest BCUT2D eigenvalue weighted by atomic mass is 10.1. The van der Waals surface area contributed by atoms with Crippen molar-refractivity contribution < 1.29 is 13.2 Å². The summed E-state index contributed by atoms with van der Waals surface area (Å²) in [5.74, 6) is -0.0376. The second-order valence-electron chi connectivity index (χ2n) is 6.76. The van der Waals surface area contributed by atoms with Crippen LogP contribution in [0.15, 0.2) is 60.2 Å². The lowest BCUT2D eigenvalue weighted by Gasteiger charge is -2.20. The van der Waals surface area contributed by atoms with Gasteiger partial charge in [-0.1, -0.05) is 25.1 Å². The van der Waals surface area contributed by atoms with Crippen LogP contribution in [0.3, 0.4) is 0 Å². The SMILES string of the molecule is CCCS(=O)(=O)N(C)c1cccc(-c2ccnc3c(C(=O)c4cccs4)cnn23)c1. The molecule has 0 bridgehead atoms. The Balaban J connectivity index is 1.77. The van der Waals surface area contributed by atoms with Gasteiger partial charge in [-0.05, 0) is 36.1 Å². The van der Waals surface area contributed by atoms with Crippen LogP contribution >= 0.6 is 11.3 Å². The van der Waals surface area contributed by atoms with Gasteiger partial charge in [-0.25, -0.2) is 17.9 Å². The molecule has 0 aliphatic heterocycles. The zero-order valence-electron chi connectivity index (χ0n) is 16.5. The Hall–Kier alpha value is -3.04. The maximum absolute atomic E-state index is 12.8. The molecule has 9 heteroatoms. The second-order valence-corrected chi connectivity index (χ2v) is 9.83. The number of benzene rings is 1. The number of hydrogen-bond acceptors (Lipinski definition) is 6. The topological polar surface area (TPSA) is 84.6 Å². The summed E-state index contributed by atoms with van der Waals surface area (Å²) < 4.78 is 27.8. The van der Waals surface area contributed by atoms with Gasteiger partial charge in [-0.3, -0.25) is 9.10 Å². The Morgan fingerprint density at radius 1 is 1.20 bits per heavy atom. The lowest BCUT2D eigenvalue weighted by Crippen LogP contribution is -2.28. The van der Waals surface area contributed by atoms with Crippen molar-refractivity contribution in [3.63, 3.8) is 0 Å². The Morgan fingerprint density at radius 2 is 2.03 bits per heavy atom. The maximum Gasteiger partial charge on any atom is 0.234 e. The van der Waals surface area contributed by atoms with Crippen LogP contribution in [-0.4, -0.2) is 41.6 Å². The molecule has 0 N–H and O–H groups in total. The summed E-state index contributed by atoms with van der Waals surface area (Å²) in [5.41, 5.74) is 2.94. The zero-order valence-corrected chi connectivity index (χ0v) is 18.2. The highest BCUT2D eigenvalue weighted by atomic mass is 32.2. The zero-order chi connectivity index (χ0) is 21.3. The molecular formula is C21H20N4O3S2. The summed E-state index contributed by atoms with van der Waals surface area (Å²) in [6.07, 6.45) is 3.70. The number of hydrogen-bond donors (Lipinski definition) is 0. The average molecular weight is 441 g/mol. The molecule has 154 valence electrons. The van der Waals surface area contributed by atoms with E-state index in [1.807, 2.05) is 24.4 Å². The van der Waals surface area contributed by atoms with Crippen molar-refractivity contribution in [2.75, 3.05) is 17.1 Å². The van der Waals surface area contributed by atoms with Crippen molar-refractivity contribution in [1.29, 1.82) is 0 Å². The van der Waals surface area contributed by atoms with E-state index in [2.05, 4.69) is 10.1 Å². The quantitative estimate of drug-likeness (QED) is 0.407. The third-order valence-corrected chi connectivity index (χ3v) is 7.61. The van der Waals surface area contributed by atoms with Crippen LogP contribution in [0.5, 0.6) is 0 Å². The first-order valence-electron chi connectivity index (χ1n) is 9.40. The molecule has 0 spiro atoms.